The number of carbonyl (C=O) groups excluding carboxylic acids is 3. The Morgan fingerprint density at radius 1 is 0.842 bits per heavy atom. The van der Waals surface area contributed by atoms with E-state index in [0.717, 1.165) is 44.9 Å². The lowest BCUT2D eigenvalue weighted by Crippen LogP contribution is -2.46. The largest absolute Gasteiger partial charge is 0.354 e. The van der Waals surface area contributed by atoms with Gasteiger partial charge in [0.05, 0.1) is 5.56 Å². The summed E-state index contributed by atoms with van der Waals surface area (Å²) >= 11 is 0. The van der Waals surface area contributed by atoms with Gasteiger partial charge in [0, 0.05) is 31.9 Å². The Kier molecular flexibility index (Phi) is 19.1. The number of allylic oxidation sites excluding steroid dienone is 10. The Morgan fingerprint density at radius 2 is 1.42 bits per heavy atom. The van der Waals surface area contributed by atoms with Crippen LogP contribution in [-0.4, -0.2) is 41.8 Å². The molecule has 38 heavy (non-hydrogen) atoms. The summed E-state index contributed by atoms with van der Waals surface area (Å²) in [6.45, 7) is 4.39. The van der Waals surface area contributed by atoms with Gasteiger partial charge in [0.25, 0.3) is 5.91 Å². The molecule has 0 unspecified atom stereocenters. The smallest absolute Gasteiger partial charge is 0.253 e. The number of nitrogens with one attached hydrogen (secondary N) is 3. The van der Waals surface area contributed by atoms with Gasteiger partial charge in [0.2, 0.25) is 11.8 Å². The number of unbranched alkanes of at least 4 members (excludes halogenated alkanes) is 1. The van der Waals surface area contributed by atoms with Crippen LogP contribution in [0.25, 0.3) is 0 Å². The number of nitrogens with zero attached hydrogens (tertiary/aromatic N) is 1. The molecule has 0 fully saturated rings. The van der Waals surface area contributed by atoms with Crippen LogP contribution < -0.4 is 16.0 Å². The van der Waals surface area contributed by atoms with Crippen molar-refractivity contribution < 1.29 is 14.4 Å². The summed E-state index contributed by atoms with van der Waals surface area (Å²) in [5.74, 6) is -0.707. The summed E-state index contributed by atoms with van der Waals surface area (Å²) in [5, 5.41) is 8.13. The van der Waals surface area contributed by atoms with Crippen LogP contribution in [0, 0.1) is 0 Å². The van der Waals surface area contributed by atoms with Crippen molar-refractivity contribution in [2.45, 2.75) is 71.3 Å². The van der Waals surface area contributed by atoms with Crippen LogP contribution in [0.2, 0.25) is 0 Å². The molecule has 1 aromatic heterocycles. The van der Waals surface area contributed by atoms with Crippen molar-refractivity contribution >= 4 is 17.7 Å². The summed E-state index contributed by atoms with van der Waals surface area (Å²) in [6, 6.07) is 2.59. The first kappa shape index (κ1) is 32.3. The molecule has 0 aliphatic carbocycles. The highest BCUT2D eigenvalue weighted by Gasteiger charge is 2.16. The second-order valence-electron chi connectivity index (χ2n) is 8.68. The fourth-order valence-corrected chi connectivity index (χ4v) is 3.22. The molecular formula is C31H44N4O3. The average Bonchev–Trinajstić information content (AvgIpc) is 2.93. The van der Waals surface area contributed by atoms with Gasteiger partial charge >= 0.3 is 0 Å². The lowest BCUT2D eigenvalue weighted by molar-refractivity contribution is -0.123. The van der Waals surface area contributed by atoms with E-state index in [1.54, 1.807) is 25.3 Å². The van der Waals surface area contributed by atoms with Gasteiger partial charge in [0.1, 0.15) is 6.04 Å². The first-order chi connectivity index (χ1) is 18.5. The first-order valence-electron chi connectivity index (χ1n) is 13.5. The van der Waals surface area contributed by atoms with Crippen LogP contribution in [0.4, 0.5) is 0 Å². The van der Waals surface area contributed by atoms with Gasteiger partial charge in [0.15, 0.2) is 0 Å². The summed E-state index contributed by atoms with van der Waals surface area (Å²) in [4.78, 5) is 40.0. The number of pyridine rings is 1. The first-order valence-corrected chi connectivity index (χ1v) is 13.5. The third-order valence-electron chi connectivity index (χ3n) is 5.34. The number of carbonyl (C=O) groups is 3. The van der Waals surface area contributed by atoms with Crippen molar-refractivity contribution in [2.75, 3.05) is 13.1 Å². The number of rotatable bonds is 19. The maximum atomic E-state index is 12.1. The van der Waals surface area contributed by atoms with Gasteiger partial charge in [-0.15, -0.1) is 0 Å². The molecule has 7 nitrogen and oxygen atoms in total. The second kappa shape index (κ2) is 22.5. The van der Waals surface area contributed by atoms with Crippen LogP contribution >= 0.6 is 0 Å². The molecule has 0 bridgehead atoms. The summed E-state index contributed by atoms with van der Waals surface area (Å²) in [7, 11) is 0. The van der Waals surface area contributed by atoms with Gasteiger partial charge in [-0.3, -0.25) is 19.4 Å². The van der Waals surface area contributed by atoms with Crippen molar-refractivity contribution in [3.63, 3.8) is 0 Å². The lowest BCUT2D eigenvalue weighted by Gasteiger charge is -2.14. The molecule has 7 heteroatoms. The Morgan fingerprint density at radius 3 is 2.00 bits per heavy atom. The molecule has 0 saturated heterocycles. The molecule has 1 atom stereocenters. The molecule has 1 aromatic rings. The topological polar surface area (TPSA) is 100 Å². The number of aromatic nitrogens is 1. The van der Waals surface area contributed by atoms with E-state index in [0.29, 0.717) is 25.1 Å². The van der Waals surface area contributed by atoms with Crippen LogP contribution in [-0.2, 0) is 9.59 Å². The number of hydrogen-bond donors (Lipinski definition) is 3. The highest BCUT2D eigenvalue weighted by atomic mass is 16.2. The molecular weight excluding hydrogens is 476 g/mol. The molecule has 3 amide bonds. The predicted molar refractivity (Wildman–Crippen MR) is 155 cm³/mol. The summed E-state index contributed by atoms with van der Waals surface area (Å²) in [6.07, 6.45) is 31.7. The fourth-order valence-electron chi connectivity index (χ4n) is 3.22. The molecule has 0 aromatic carbocycles. The van der Waals surface area contributed by atoms with Gasteiger partial charge in [-0.25, -0.2) is 0 Å². The minimum absolute atomic E-state index is 0.0375. The Hall–Kier alpha value is -3.74. The Bertz CT molecular complexity index is 949. The van der Waals surface area contributed by atoms with E-state index in [-0.39, 0.29) is 17.7 Å². The van der Waals surface area contributed by atoms with E-state index in [1.165, 1.54) is 6.20 Å². The predicted octanol–water partition coefficient (Wildman–Crippen LogP) is 5.35. The molecule has 0 aliphatic heterocycles. The number of hydrogen-bond acceptors (Lipinski definition) is 4. The molecule has 0 aliphatic rings. The third-order valence-corrected chi connectivity index (χ3v) is 5.34. The molecule has 1 heterocycles. The monoisotopic (exact) mass is 520 g/mol. The quantitative estimate of drug-likeness (QED) is 0.169. The SMILES string of the molecule is CC/C=C\C/C=C\C/C=C\C/C=C\C/C=C\CCCC(=O)NCCNC(=O)[C@H](C)NC(=O)c1cccnc1. The zero-order chi connectivity index (χ0) is 27.7. The van der Waals surface area contributed by atoms with Crippen molar-refractivity contribution in [1.29, 1.82) is 0 Å². The van der Waals surface area contributed by atoms with Crippen molar-refractivity contribution in [3.05, 3.63) is 90.9 Å². The summed E-state index contributed by atoms with van der Waals surface area (Å²) < 4.78 is 0. The standard InChI is InChI=1S/C31H44N4O3/c1-3-4-5-6-7-8-9-10-11-12-13-14-15-16-17-18-19-22-29(36)33-24-25-34-30(37)27(2)35-31(38)28-21-20-23-32-26-28/h4-5,7-8,10-11,13-14,16-17,20-21,23,26-27H,3,6,9,12,15,18-19,22,24-25H2,1-2H3,(H,33,36)(H,34,37)(H,35,38)/b5-4-,8-7-,11-10-,14-13-,17-16-/t27-/m0/s1. The fraction of sp³-hybridized carbons (Fsp3) is 0.419. The molecule has 3 N–H and O–H groups in total. The molecule has 0 radical (unpaired) electrons. The molecule has 1 rings (SSSR count). The van der Waals surface area contributed by atoms with Crippen molar-refractivity contribution in [1.82, 2.24) is 20.9 Å². The van der Waals surface area contributed by atoms with Crippen LogP contribution in [0.5, 0.6) is 0 Å². The second-order valence-corrected chi connectivity index (χ2v) is 8.68. The third kappa shape index (κ3) is 17.7. The Labute approximate surface area is 228 Å². The van der Waals surface area contributed by atoms with E-state index in [2.05, 4.69) is 88.6 Å². The van der Waals surface area contributed by atoms with E-state index < -0.39 is 6.04 Å². The molecule has 206 valence electrons. The normalized spacial score (nSPS) is 12.7. The van der Waals surface area contributed by atoms with Gasteiger partial charge in [-0.05, 0) is 64.0 Å². The maximum absolute atomic E-state index is 12.1. The van der Waals surface area contributed by atoms with E-state index >= 15 is 0 Å². The number of amides is 3. The highest BCUT2D eigenvalue weighted by Crippen LogP contribution is 2.00. The van der Waals surface area contributed by atoms with E-state index in [1.807, 2.05) is 0 Å². The summed E-state index contributed by atoms with van der Waals surface area (Å²) in [5.41, 5.74) is 0.393. The lowest BCUT2D eigenvalue weighted by atomic mass is 10.2. The highest BCUT2D eigenvalue weighted by molar-refractivity contribution is 5.97. The zero-order valence-electron chi connectivity index (χ0n) is 22.9. The van der Waals surface area contributed by atoms with Crippen molar-refractivity contribution in [2.24, 2.45) is 0 Å². The van der Waals surface area contributed by atoms with Gasteiger partial charge in [-0.2, -0.15) is 0 Å². The molecule has 0 spiro atoms. The van der Waals surface area contributed by atoms with Crippen LogP contribution in [0.15, 0.2) is 85.3 Å². The van der Waals surface area contributed by atoms with Crippen LogP contribution in [0.3, 0.4) is 0 Å². The van der Waals surface area contributed by atoms with E-state index in [4.69, 9.17) is 0 Å². The molecule has 0 saturated carbocycles. The Balaban J connectivity index is 2.01. The van der Waals surface area contributed by atoms with E-state index in [9.17, 15) is 14.4 Å². The minimum Gasteiger partial charge on any atom is -0.354 e. The van der Waals surface area contributed by atoms with Gasteiger partial charge in [-0.1, -0.05) is 67.7 Å². The minimum atomic E-state index is -0.693. The van der Waals surface area contributed by atoms with Crippen LogP contribution in [0.1, 0.15) is 75.6 Å². The zero-order valence-corrected chi connectivity index (χ0v) is 22.9. The van der Waals surface area contributed by atoms with Gasteiger partial charge < -0.3 is 16.0 Å². The maximum Gasteiger partial charge on any atom is 0.253 e. The average molecular weight is 521 g/mol. The van der Waals surface area contributed by atoms with Crippen molar-refractivity contribution in [3.8, 4) is 0 Å².